The standard InChI is InChI=1S/C47H33N3/c1-5-13-33(14-6-1)41-30-43(35-15-7-2-8-16-35)48-42-28-27-34-23-26-39(29-40(34)46(41)42)32-21-24-37(25-22-32)45-31-44(36-17-9-3-10-18-36)49-47(50-45)38-19-11-4-12-20-38/h1-28,30-31,40H,29H2. The van der Waals surface area contributed by atoms with Crippen molar-refractivity contribution in [1.82, 2.24) is 15.0 Å². The minimum absolute atomic E-state index is 0.214. The van der Waals surface area contributed by atoms with E-state index in [1.165, 1.54) is 33.4 Å². The average Bonchev–Trinajstić information content (AvgIpc) is 3.21. The van der Waals surface area contributed by atoms with Gasteiger partial charge in [-0.25, -0.2) is 15.0 Å². The van der Waals surface area contributed by atoms with E-state index in [1.807, 2.05) is 36.4 Å². The lowest BCUT2D eigenvalue weighted by Crippen LogP contribution is -2.14. The van der Waals surface area contributed by atoms with Crippen molar-refractivity contribution in [2.75, 3.05) is 0 Å². The second kappa shape index (κ2) is 12.9. The first-order valence-corrected chi connectivity index (χ1v) is 17.1. The molecule has 7 aromatic rings. The third-order valence-corrected chi connectivity index (χ3v) is 9.71. The second-order valence-corrected chi connectivity index (χ2v) is 12.8. The maximum Gasteiger partial charge on any atom is 0.160 e. The molecule has 2 aromatic heterocycles. The number of hydrogen-bond donors (Lipinski definition) is 0. The van der Waals surface area contributed by atoms with Crippen molar-refractivity contribution >= 4 is 11.6 Å². The maximum absolute atomic E-state index is 5.22. The van der Waals surface area contributed by atoms with Gasteiger partial charge in [-0.1, -0.05) is 164 Å². The molecule has 0 radical (unpaired) electrons. The summed E-state index contributed by atoms with van der Waals surface area (Å²) in [6.07, 6.45) is 9.93. The van der Waals surface area contributed by atoms with Crippen LogP contribution < -0.4 is 0 Å². The normalized spacial score (nSPS) is 14.7. The van der Waals surface area contributed by atoms with E-state index >= 15 is 0 Å². The van der Waals surface area contributed by atoms with E-state index in [9.17, 15) is 0 Å². The van der Waals surface area contributed by atoms with Crippen LogP contribution in [0.25, 0.3) is 67.9 Å². The molecule has 2 heterocycles. The van der Waals surface area contributed by atoms with Crippen LogP contribution in [0.4, 0.5) is 0 Å². The number of rotatable bonds is 6. The van der Waals surface area contributed by atoms with Crippen LogP contribution in [0.5, 0.6) is 0 Å². The Bertz CT molecular complexity index is 2350. The molecule has 2 aliphatic carbocycles. The van der Waals surface area contributed by atoms with Gasteiger partial charge in [0.25, 0.3) is 0 Å². The van der Waals surface area contributed by atoms with Crippen LogP contribution in [0.2, 0.25) is 0 Å². The van der Waals surface area contributed by atoms with Crippen LogP contribution in [-0.4, -0.2) is 15.0 Å². The van der Waals surface area contributed by atoms with E-state index in [0.717, 1.165) is 57.3 Å². The van der Waals surface area contributed by atoms with Crippen LogP contribution in [0.15, 0.2) is 182 Å². The predicted molar refractivity (Wildman–Crippen MR) is 206 cm³/mol. The minimum Gasteiger partial charge on any atom is -0.248 e. The molecule has 5 aromatic carbocycles. The molecule has 0 aliphatic heterocycles. The molecular formula is C47H33N3. The summed E-state index contributed by atoms with van der Waals surface area (Å²) in [6, 6.07) is 55.0. The Morgan fingerprint density at radius 1 is 0.420 bits per heavy atom. The number of pyridine rings is 1. The third kappa shape index (κ3) is 5.69. The van der Waals surface area contributed by atoms with Crippen LogP contribution in [0.1, 0.15) is 29.2 Å². The fraction of sp³-hybridized carbons (Fsp3) is 0.0426. The van der Waals surface area contributed by atoms with E-state index in [0.29, 0.717) is 0 Å². The molecule has 0 bridgehead atoms. The van der Waals surface area contributed by atoms with Crippen molar-refractivity contribution < 1.29 is 0 Å². The molecule has 0 N–H and O–H groups in total. The quantitative estimate of drug-likeness (QED) is 0.182. The molecular weight excluding hydrogens is 607 g/mol. The van der Waals surface area contributed by atoms with Crippen molar-refractivity contribution in [2.45, 2.75) is 12.3 Å². The van der Waals surface area contributed by atoms with Crippen LogP contribution in [0, 0.1) is 0 Å². The van der Waals surface area contributed by atoms with E-state index in [1.54, 1.807) is 0 Å². The summed E-state index contributed by atoms with van der Waals surface area (Å²) in [5.74, 6) is 0.937. The summed E-state index contributed by atoms with van der Waals surface area (Å²) in [7, 11) is 0. The van der Waals surface area contributed by atoms with Gasteiger partial charge in [-0.05, 0) is 58.0 Å². The average molecular weight is 640 g/mol. The van der Waals surface area contributed by atoms with Crippen molar-refractivity contribution in [2.24, 2.45) is 0 Å². The Labute approximate surface area is 292 Å². The van der Waals surface area contributed by atoms with Crippen LogP contribution in [-0.2, 0) is 0 Å². The van der Waals surface area contributed by atoms with E-state index in [2.05, 4.69) is 146 Å². The number of aromatic nitrogens is 3. The Morgan fingerprint density at radius 3 is 1.52 bits per heavy atom. The molecule has 0 amide bonds. The molecule has 1 unspecified atom stereocenters. The highest BCUT2D eigenvalue weighted by Gasteiger charge is 2.29. The Hall–Kier alpha value is -6.45. The SMILES string of the molecule is C1=Cc2nc(-c3ccccc3)cc(-c3ccccc3)c2C2CC(c3ccc(-c4cc(-c5ccccc5)nc(-c5ccccc5)n4)cc3)=CC=C12. The second-order valence-electron chi connectivity index (χ2n) is 12.8. The fourth-order valence-corrected chi connectivity index (χ4v) is 7.15. The molecule has 3 heteroatoms. The first kappa shape index (κ1) is 29.7. The lowest BCUT2D eigenvalue weighted by atomic mass is 9.74. The van der Waals surface area contributed by atoms with Gasteiger partial charge in [0.05, 0.1) is 22.8 Å². The van der Waals surface area contributed by atoms with Crippen LogP contribution in [0.3, 0.4) is 0 Å². The van der Waals surface area contributed by atoms with Gasteiger partial charge in [0.1, 0.15) is 0 Å². The van der Waals surface area contributed by atoms with Gasteiger partial charge in [0.15, 0.2) is 5.82 Å². The monoisotopic (exact) mass is 639 g/mol. The summed E-state index contributed by atoms with van der Waals surface area (Å²) >= 11 is 0. The largest absolute Gasteiger partial charge is 0.248 e. The smallest absolute Gasteiger partial charge is 0.160 e. The molecule has 1 atom stereocenters. The molecule has 9 rings (SSSR count). The number of hydrogen-bond acceptors (Lipinski definition) is 3. The van der Waals surface area contributed by atoms with Gasteiger partial charge < -0.3 is 0 Å². The molecule has 50 heavy (non-hydrogen) atoms. The Kier molecular flexibility index (Phi) is 7.64. The number of allylic oxidation sites excluding steroid dienone is 5. The topological polar surface area (TPSA) is 38.7 Å². The number of fused-ring (bicyclic) bond motifs is 3. The van der Waals surface area contributed by atoms with Gasteiger partial charge in [-0.15, -0.1) is 0 Å². The van der Waals surface area contributed by atoms with E-state index < -0.39 is 0 Å². The molecule has 3 nitrogen and oxygen atoms in total. The molecule has 0 saturated carbocycles. The number of nitrogens with zero attached hydrogens (tertiary/aromatic N) is 3. The first-order chi connectivity index (χ1) is 24.8. The summed E-state index contributed by atoms with van der Waals surface area (Å²) < 4.78 is 0. The van der Waals surface area contributed by atoms with Gasteiger partial charge >= 0.3 is 0 Å². The van der Waals surface area contributed by atoms with E-state index in [-0.39, 0.29) is 5.92 Å². The van der Waals surface area contributed by atoms with Crippen molar-refractivity contribution in [3.8, 4) is 56.3 Å². The van der Waals surface area contributed by atoms with Gasteiger partial charge in [-0.3, -0.25) is 0 Å². The van der Waals surface area contributed by atoms with Crippen molar-refractivity contribution in [3.05, 3.63) is 198 Å². The van der Waals surface area contributed by atoms with Crippen molar-refractivity contribution in [1.29, 1.82) is 0 Å². The zero-order chi connectivity index (χ0) is 33.3. The summed E-state index contributed by atoms with van der Waals surface area (Å²) in [4.78, 5) is 15.2. The maximum atomic E-state index is 5.22. The van der Waals surface area contributed by atoms with Crippen molar-refractivity contribution in [3.63, 3.8) is 0 Å². The Balaban J connectivity index is 1.07. The molecule has 236 valence electrons. The summed E-state index contributed by atoms with van der Waals surface area (Å²) in [5.41, 5.74) is 15.8. The first-order valence-electron chi connectivity index (χ1n) is 17.1. The lowest BCUT2D eigenvalue weighted by Gasteiger charge is -2.30. The fourth-order valence-electron chi connectivity index (χ4n) is 7.15. The zero-order valence-corrected chi connectivity index (χ0v) is 27.4. The molecule has 0 spiro atoms. The molecule has 0 saturated heterocycles. The minimum atomic E-state index is 0.214. The van der Waals surface area contributed by atoms with Gasteiger partial charge in [-0.2, -0.15) is 0 Å². The van der Waals surface area contributed by atoms with Gasteiger partial charge in [0.2, 0.25) is 0 Å². The van der Waals surface area contributed by atoms with E-state index in [4.69, 9.17) is 15.0 Å². The number of benzene rings is 5. The predicted octanol–water partition coefficient (Wildman–Crippen LogP) is 11.7. The molecule has 0 fully saturated rings. The summed E-state index contributed by atoms with van der Waals surface area (Å²) in [5, 5.41) is 0. The van der Waals surface area contributed by atoms with Crippen LogP contribution >= 0.6 is 0 Å². The zero-order valence-electron chi connectivity index (χ0n) is 27.4. The lowest BCUT2D eigenvalue weighted by molar-refractivity contribution is 0.817. The highest BCUT2D eigenvalue weighted by atomic mass is 14.9. The highest BCUT2D eigenvalue weighted by molar-refractivity contribution is 5.83. The third-order valence-electron chi connectivity index (χ3n) is 9.71. The summed E-state index contributed by atoms with van der Waals surface area (Å²) in [6.45, 7) is 0. The molecule has 2 aliphatic rings. The van der Waals surface area contributed by atoms with Gasteiger partial charge in [0, 0.05) is 28.2 Å². The Morgan fingerprint density at radius 2 is 0.920 bits per heavy atom. The highest BCUT2D eigenvalue weighted by Crippen LogP contribution is 2.47.